The minimum absolute atomic E-state index is 0.0416. The van der Waals surface area contributed by atoms with Crippen molar-refractivity contribution in [3.63, 3.8) is 0 Å². The summed E-state index contributed by atoms with van der Waals surface area (Å²) in [6.45, 7) is 9.40. The highest BCUT2D eigenvalue weighted by Crippen LogP contribution is 2.39. The predicted octanol–water partition coefficient (Wildman–Crippen LogP) is 6.63. The highest BCUT2D eigenvalue weighted by Gasteiger charge is 2.28. The number of fused-ring (bicyclic) bond motifs is 3. The third-order valence-corrected chi connectivity index (χ3v) is 7.00. The van der Waals surface area contributed by atoms with E-state index in [1.54, 1.807) is 17.0 Å². The fourth-order valence-corrected chi connectivity index (χ4v) is 5.10. The van der Waals surface area contributed by atoms with Crippen LogP contribution in [0.4, 0.5) is 14.9 Å². The summed E-state index contributed by atoms with van der Waals surface area (Å²) in [5, 5.41) is 12.3. The molecule has 2 aromatic carbocycles. The van der Waals surface area contributed by atoms with Crippen LogP contribution in [-0.2, 0) is 11.3 Å². The zero-order valence-electron chi connectivity index (χ0n) is 21.5. The van der Waals surface area contributed by atoms with Crippen molar-refractivity contribution in [2.75, 3.05) is 18.4 Å². The van der Waals surface area contributed by atoms with Crippen molar-refractivity contribution in [1.29, 1.82) is 0 Å². The van der Waals surface area contributed by atoms with Crippen LogP contribution in [0.25, 0.3) is 16.8 Å². The number of nitrogens with zero attached hydrogens (tertiary/aromatic N) is 4. The Kier molecular flexibility index (Phi) is 6.70. The van der Waals surface area contributed by atoms with Crippen LogP contribution in [0.15, 0.2) is 42.5 Å². The van der Waals surface area contributed by atoms with E-state index in [1.165, 1.54) is 11.6 Å². The van der Waals surface area contributed by atoms with Crippen LogP contribution >= 0.6 is 11.6 Å². The van der Waals surface area contributed by atoms with E-state index in [4.69, 9.17) is 16.3 Å². The summed E-state index contributed by atoms with van der Waals surface area (Å²) in [4.78, 5) is 14.2. The lowest BCUT2D eigenvalue weighted by atomic mass is 9.90. The SMILES string of the molecule is Cc1nnn2c1-c1ccc(C3=CCN(C(=O)OC(C)(C)C)CC3)cc1C(Nc1ccc(F)c(Cl)c1)CC2. The lowest BCUT2D eigenvalue weighted by Gasteiger charge is -2.30. The van der Waals surface area contributed by atoms with Crippen LogP contribution in [0.1, 0.15) is 56.5 Å². The molecule has 0 bridgehead atoms. The Morgan fingerprint density at radius 2 is 2.00 bits per heavy atom. The van der Waals surface area contributed by atoms with Crippen LogP contribution < -0.4 is 5.32 Å². The molecular weight excluding hydrogens is 493 g/mol. The smallest absolute Gasteiger partial charge is 0.410 e. The maximum atomic E-state index is 13.8. The van der Waals surface area contributed by atoms with Gasteiger partial charge in [-0.25, -0.2) is 13.9 Å². The summed E-state index contributed by atoms with van der Waals surface area (Å²) in [5.74, 6) is -0.442. The van der Waals surface area contributed by atoms with Crippen LogP contribution in [0, 0.1) is 12.7 Å². The van der Waals surface area contributed by atoms with Gasteiger partial charge in [0.15, 0.2) is 0 Å². The molecule has 1 amide bonds. The number of aryl methyl sites for hydroxylation is 2. The molecule has 3 aromatic rings. The average molecular weight is 524 g/mol. The standard InChI is InChI=1S/C28H31ClFN5O2/c1-17-26-21-7-5-19(18-9-12-34(13-10-18)27(36)37-28(2,3)4)15-22(21)25(11-14-35(26)33-32-17)31-20-6-8-24(30)23(29)16-20/h5-9,15-16,25,31H,10-14H2,1-4H3. The van der Waals surface area contributed by atoms with Crippen LogP contribution in [0.3, 0.4) is 0 Å². The molecule has 3 heterocycles. The van der Waals surface area contributed by atoms with Gasteiger partial charge in [-0.3, -0.25) is 0 Å². The summed E-state index contributed by atoms with van der Waals surface area (Å²) in [6.07, 6.45) is 3.32. The highest BCUT2D eigenvalue weighted by molar-refractivity contribution is 6.31. The molecule has 0 spiro atoms. The summed E-state index contributed by atoms with van der Waals surface area (Å²) in [6, 6.07) is 11.1. The van der Waals surface area contributed by atoms with Gasteiger partial charge in [0.1, 0.15) is 11.4 Å². The Morgan fingerprint density at radius 3 is 2.70 bits per heavy atom. The molecule has 0 saturated heterocycles. The molecule has 9 heteroatoms. The maximum Gasteiger partial charge on any atom is 0.410 e. The summed E-state index contributed by atoms with van der Waals surface area (Å²) < 4.78 is 21.2. The number of benzene rings is 2. The van der Waals surface area contributed by atoms with E-state index < -0.39 is 11.4 Å². The number of anilines is 1. The molecule has 1 atom stereocenters. The second-order valence-corrected chi connectivity index (χ2v) is 11.0. The first-order valence-electron chi connectivity index (χ1n) is 12.5. The molecule has 7 nitrogen and oxygen atoms in total. The highest BCUT2D eigenvalue weighted by atomic mass is 35.5. The van der Waals surface area contributed by atoms with Gasteiger partial charge in [0.05, 0.1) is 22.5 Å². The number of amides is 1. The van der Waals surface area contributed by atoms with E-state index in [0.717, 1.165) is 46.6 Å². The molecule has 194 valence electrons. The van der Waals surface area contributed by atoms with E-state index in [9.17, 15) is 9.18 Å². The number of hydrogen-bond donors (Lipinski definition) is 1. The number of hydrogen-bond acceptors (Lipinski definition) is 5. The Bertz CT molecular complexity index is 1380. The van der Waals surface area contributed by atoms with Gasteiger partial charge in [-0.1, -0.05) is 35.0 Å². The Balaban J connectivity index is 1.47. The molecule has 0 fully saturated rings. The molecular formula is C28H31ClFN5O2. The third kappa shape index (κ3) is 5.34. The summed E-state index contributed by atoms with van der Waals surface area (Å²) >= 11 is 6.05. The maximum absolute atomic E-state index is 13.8. The molecule has 5 rings (SSSR count). The van der Waals surface area contributed by atoms with Crippen LogP contribution in [0.5, 0.6) is 0 Å². The van der Waals surface area contributed by atoms with E-state index in [1.807, 2.05) is 32.4 Å². The number of nitrogens with one attached hydrogen (secondary N) is 1. The van der Waals surface area contributed by atoms with Crippen molar-refractivity contribution >= 4 is 29.0 Å². The van der Waals surface area contributed by atoms with E-state index in [2.05, 4.69) is 39.9 Å². The van der Waals surface area contributed by atoms with Gasteiger partial charge in [-0.15, -0.1) is 5.10 Å². The first-order valence-corrected chi connectivity index (χ1v) is 12.9. The first kappa shape index (κ1) is 25.3. The molecule has 1 aromatic heterocycles. The van der Waals surface area contributed by atoms with Gasteiger partial charge >= 0.3 is 6.09 Å². The molecule has 2 aliphatic rings. The Morgan fingerprint density at radius 1 is 1.19 bits per heavy atom. The van der Waals surface area contributed by atoms with Crippen molar-refractivity contribution in [3.8, 4) is 11.3 Å². The van der Waals surface area contributed by atoms with Crippen molar-refractivity contribution < 1.29 is 13.9 Å². The molecule has 1 unspecified atom stereocenters. The van der Waals surface area contributed by atoms with Crippen LogP contribution in [-0.4, -0.2) is 44.7 Å². The summed E-state index contributed by atoms with van der Waals surface area (Å²) in [7, 11) is 0. The van der Waals surface area contributed by atoms with Gasteiger partial charge < -0.3 is 15.0 Å². The zero-order chi connectivity index (χ0) is 26.3. The Labute approximate surface area is 221 Å². The first-order chi connectivity index (χ1) is 17.6. The van der Waals surface area contributed by atoms with Crippen molar-refractivity contribution in [3.05, 3.63) is 70.1 Å². The number of halogens is 2. The third-order valence-electron chi connectivity index (χ3n) is 6.71. The number of carbonyl (C=O) groups is 1. The van der Waals surface area contributed by atoms with Crippen molar-refractivity contribution in [2.24, 2.45) is 0 Å². The lowest BCUT2D eigenvalue weighted by Crippen LogP contribution is -2.39. The second-order valence-electron chi connectivity index (χ2n) is 10.6. The van der Waals surface area contributed by atoms with Gasteiger partial charge in [0.2, 0.25) is 0 Å². The molecule has 0 saturated carbocycles. The zero-order valence-corrected chi connectivity index (χ0v) is 22.3. The van der Waals surface area contributed by atoms with Crippen molar-refractivity contribution in [1.82, 2.24) is 19.9 Å². The fraction of sp³-hybridized carbons (Fsp3) is 0.393. The van der Waals surface area contributed by atoms with Crippen molar-refractivity contribution in [2.45, 2.75) is 58.7 Å². The number of rotatable bonds is 3. The summed E-state index contributed by atoms with van der Waals surface area (Å²) in [5.41, 5.74) is 6.63. The minimum atomic E-state index is -0.519. The monoisotopic (exact) mass is 523 g/mol. The second kappa shape index (κ2) is 9.82. The number of carbonyl (C=O) groups excluding carboxylic acids is 1. The minimum Gasteiger partial charge on any atom is -0.444 e. The van der Waals surface area contributed by atoms with E-state index in [0.29, 0.717) is 19.6 Å². The van der Waals surface area contributed by atoms with Gasteiger partial charge in [0, 0.05) is 30.9 Å². The Hall–Kier alpha value is -3.39. The van der Waals surface area contributed by atoms with E-state index in [-0.39, 0.29) is 17.2 Å². The van der Waals surface area contributed by atoms with Gasteiger partial charge in [-0.05, 0) is 81.5 Å². The largest absolute Gasteiger partial charge is 0.444 e. The molecule has 2 aliphatic heterocycles. The normalized spacial score (nSPS) is 17.4. The predicted molar refractivity (Wildman–Crippen MR) is 143 cm³/mol. The van der Waals surface area contributed by atoms with Crippen LogP contribution in [0.2, 0.25) is 5.02 Å². The fourth-order valence-electron chi connectivity index (χ4n) is 4.92. The number of aromatic nitrogens is 3. The topological polar surface area (TPSA) is 72.3 Å². The lowest BCUT2D eigenvalue weighted by molar-refractivity contribution is 0.0270. The van der Waals surface area contributed by atoms with Gasteiger partial charge in [-0.2, -0.15) is 0 Å². The van der Waals surface area contributed by atoms with Gasteiger partial charge in [0.25, 0.3) is 0 Å². The average Bonchev–Trinajstić information content (AvgIpc) is 3.14. The molecule has 0 aliphatic carbocycles. The number of ether oxygens (including phenoxy) is 1. The molecule has 1 N–H and O–H groups in total. The molecule has 37 heavy (non-hydrogen) atoms. The quantitative estimate of drug-likeness (QED) is 0.417. The molecule has 0 radical (unpaired) electrons. The van der Waals surface area contributed by atoms with E-state index >= 15 is 0 Å².